The van der Waals surface area contributed by atoms with Crippen molar-refractivity contribution in [2.45, 2.75) is 13.3 Å². The summed E-state index contributed by atoms with van der Waals surface area (Å²) in [6.45, 7) is 2.72. The Hall–Kier alpha value is -2.15. The summed E-state index contributed by atoms with van der Waals surface area (Å²) in [4.78, 5) is 27.9. The lowest BCUT2D eigenvalue weighted by molar-refractivity contribution is -0.120. The van der Waals surface area contributed by atoms with Crippen LogP contribution in [0.2, 0.25) is 0 Å². The first kappa shape index (κ1) is 14.3. The summed E-state index contributed by atoms with van der Waals surface area (Å²) in [7, 11) is 0. The second kappa shape index (κ2) is 6.33. The quantitative estimate of drug-likeness (QED) is 0.769. The van der Waals surface area contributed by atoms with Crippen molar-refractivity contribution in [1.29, 1.82) is 0 Å². The van der Waals surface area contributed by atoms with Crippen molar-refractivity contribution in [2.24, 2.45) is 0 Å². The van der Waals surface area contributed by atoms with E-state index in [2.05, 4.69) is 15.6 Å². The second-order valence-corrected chi connectivity index (χ2v) is 5.21. The third-order valence-corrected chi connectivity index (χ3v) is 3.86. The molecule has 2 aromatic rings. The maximum Gasteiger partial charge on any atom is 0.263 e. The van der Waals surface area contributed by atoms with Crippen LogP contribution in [0.25, 0.3) is 10.2 Å². The third kappa shape index (κ3) is 3.05. The monoisotopic (exact) mass is 292 g/mol. The van der Waals surface area contributed by atoms with Crippen LogP contribution in [0.5, 0.6) is 0 Å². The van der Waals surface area contributed by atoms with Gasteiger partial charge in [0.25, 0.3) is 5.91 Å². The highest BCUT2D eigenvalue weighted by molar-refractivity contribution is 7.21. The summed E-state index contributed by atoms with van der Waals surface area (Å²) in [5.74, 6) is -0.353. The number of hydrogen-bond donors (Lipinski definition) is 3. The highest BCUT2D eigenvalue weighted by Gasteiger charge is 2.16. The Kier molecular flexibility index (Phi) is 4.52. The average molecular weight is 292 g/mol. The lowest BCUT2D eigenvalue weighted by atomic mass is 10.3. The van der Waals surface area contributed by atoms with Crippen LogP contribution < -0.4 is 16.4 Å². The molecule has 6 nitrogen and oxygen atoms in total. The predicted octanol–water partition coefficient (Wildman–Crippen LogP) is 1.13. The normalized spacial score (nSPS) is 10.4. The molecular weight excluding hydrogens is 276 g/mol. The Morgan fingerprint density at radius 1 is 1.40 bits per heavy atom. The first-order valence-electron chi connectivity index (χ1n) is 6.31. The molecule has 2 heterocycles. The van der Waals surface area contributed by atoms with Crippen LogP contribution in [0.4, 0.5) is 5.69 Å². The Labute approximate surface area is 120 Å². The van der Waals surface area contributed by atoms with Crippen molar-refractivity contribution in [1.82, 2.24) is 15.6 Å². The van der Waals surface area contributed by atoms with E-state index in [0.29, 0.717) is 22.6 Å². The average Bonchev–Trinajstić information content (AvgIpc) is 2.77. The molecule has 0 aliphatic rings. The number of anilines is 1. The molecular formula is C13H16N4O2S. The van der Waals surface area contributed by atoms with Gasteiger partial charge in [-0.1, -0.05) is 0 Å². The van der Waals surface area contributed by atoms with Crippen molar-refractivity contribution in [3.8, 4) is 0 Å². The first-order valence-corrected chi connectivity index (χ1v) is 7.13. The van der Waals surface area contributed by atoms with E-state index in [0.717, 1.165) is 4.70 Å². The number of pyridine rings is 1. The lowest BCUT2D eigenvalue weighted by Crippen LogP contribution is -2.30. The van der Waals surface area contributed by atoms with Crippen LogP contribution in [0.3, 0.4) is 0 Å². The Bertz CT molecular complexity index is 638. The molecule has 0 aliphatic heterocycles. The summed E-state index contributed by atoms with van der Waals surface area (Å²) >= 11 is 1.30. The fraction of sp³-hybridized carbons (Fsp3) is 0.308. The molecule has 20 heavy (non-hydrogen) atoms. The molecule has 0 fully saturated rings. The maximum atomic E-state index is 12.0. The van der Waals surface area contributed by atoms with E-state index in [1.807, 2.05) is 13.0 Å². The number of fused-ring (bicyclic) bond motifs is 1. The molecule has 0 aromatic carbocycles. The molecule has 0 unspecified atom stereocenters. The van der Waals surface area contributed by atoms with Crippen molar-refractivity contribution < 1.29 is 9.59 Å². The Morgan fingerprint density at radius 3 is 2.90 bits per heavy atom. The van der Waals surface area contributed by atoms with E-state index in [4.69, 9.17) is 5.73 Å². The van der Waals surface area contributed by atoms with E-state index in [9.17, 15) is 9.59 Å². The van der Waals surface area contributed by atoms with Crippen LogP contribution in [-0.4, -0.2) is 29.9 Å². The zero-order chi connectivity index (χ0) is 14.5. The van der Waals surface area contributed by atoms with Gasteiger partial charge in [0.2, 0.25) is 5.91 Å². The molecule has 106 valence electrons. The number of thiophene rings is 1. The van der Waals surface area contributed by atoms with Crippen LogP contribution >= 0.6 is 11.3 Å². The number of nitrogen functional groups attached to an aromatic ring is 1. The number of carbonyl (C=O) groups excluding carboxylic acids is 2. The number of carbonyl (C=O) groups is 2. The van der Waals surface area contributed by atoms with Gasteiger partial charge in [-0.2, -0.15) is 0 Å². The van der Waals surface area contributed by atoms with Crippen molar-refractivity contribution >= 4 is 39.1 Å². The molecule has 2 aromatic heterocycles. The number of nitrogens with zero attached hydrogens (tertiary/aromatic N) is 1. The molecule has 0 spiro atoms. The number of aromatic nitrogens is 1. The SMILES string of the molecule is CCNC(=O)CCNC(=O)c1sc2cccnc2c1N. The zero-order valence-electron chi connectivity index (χ0n) is 11.1. The molecule has 0 radical (unpaired) electrons. The van der Waals surface area contributed by atoms with Gasteiger partial charge in [-0.3, -0.25) is 14.6 Å². The predicted molar refractivity (Wildman–Crippen MR) is 79.7 cm³/mol. The molecule has 2 rings (SSSR count). The van der Waals surface area contributed by atoms with E-state index in [1.165, 1.54) is 11.3 Å². The first-order chi connectivity index (χ1) is 9.63. The lowest BCUT2D eigenvalue weighted by Gasteiger charge is -2.04. The number of nitrogens with one attached hydrogen (secondary N) is 2. The molecule has 2 amide bonds. The number of rotatable bonds is 5. The van der Waals surface area contributed by atoms with Crippen molar-refractivity contribution in [3.63, 3.8) is 0 Å². The Morgan fingerprint density at radius 2 is 2.20 bits per heavy atom. The van der Waals surface area contributed by atoms with Gasteiger partial charge in [0, 0.05) is 25.7 Å². The minimum atomic E-state index is -0.269. The van der Waals surface area contributed by atoms with Gasteiger partial charge in [0.15, 0.2) is 0 Å². The summed E-state index contributed by atoms with van der Waals surface area (Å²) in [6, 6.07) is 3.67. The smallest absolute Gasteiger partial charge is 0.263 e. The van der Waals surface area contributed by atoms with E-state index in [-0.39, 0.29) is 24.8 Å². The minimum absolute atomic E-state index is 0.0845. The standard InChI is InChI=1S/C13H16N4O2S/c1-2-15-9(18)5-7-17-13(19)12-10(14)11-8(20-12)4-3-6-16-11/h3-4,6H,2,5,7,14H2,1H3,(H,15,18)(H,17,19). The van der Waals surface area contributed by atoms with Gasteiger partial charge >= 0.3 is 0 Å². The summed E-state index contributed by atoms with van der Waals surface area (Å²) in [6.07, 6.45) is 1.89. The van der Waals surface area contributed by atoms with E-state index in [1.54, 1.807) is 12.3 Å². The minimum Gasteiger partial charge on any atom is -0.396 e. The van der Waals surface area contributed by atoms with Gasteiger partial charge in [0.1, 0.15) is 10.4 Å². The van der Waals surface area contributed by atoms with Gasteiger partial charge in [-0.25, -0.2) is 0 Å². The molecule has 0 atom stereocenters. The van der Waals surface area contributed by atoms with Gasteiger partial charge < -0.3 is 16.4 Å². The highest BCUT2D eigenvalue weighted by atomic mass is 32.1. The van der Waals surface area contributed by atoms with Crippen LogP contribution in [0, 0.1) is 0 Å². The summed E-state index contributed by atoms with van der Waals surface area (Å²) < 4.78 is 0.874. The maximum absolute atomic E-state index is 12.0. The van der Waals surface area contributed by atoms with E-state index >= 15 is 0 Å². The molecule has 7 heteroatoms. The number of amides is 2. The molecule has 4 N–H and O–H groups in total. The molecule has 0 saturated heterocycles. The van der Waals surface area contributed by atoms with E-state index < -0.39 is 0 Å². The Balaban J connectivity index is 2.01. The second-order valence-electron chi connectivity index (χ2n) is 4.15. The number of nitrogens with two attached hydrogens (primary N) is 1. The topological polar surface area (TPSA) is 97.1 Å². The van der Waals surface area contributed by atoms with Gasteiger partial charge in [-0.15, -0.1) is 11.3 Å². The van der Waals surface area contributed by atoms with Crippen LogP contribution in [-0.2, 0) is 4.79 Å². The van der Waals surface area contributed by atoms with Gasteiger partial charge in [-0.05, 0) is 19.1 Å². The highest BCUT2D eigenvalue weighted by Crippen LogP contribution is 2.31. The third-order valence-electron chi connectivity index (χ3n) is 2.70. The molecule has 0 aliphatic carbocycles. The van der Waals surface area contributed by atoms with Crippen LogP contribution in [0.15, 0.2) is 18.3 Å². The zero-order valence-corrected chi connectivity index (χ0v) is 11.9. The largest absolute Gasteiger partial charge is 0.396 e. The fourth-order valence-electron chi connectivity index (χ4n) is 1.77. The fourth-order valence-corrected chi connectivity index (χ4v) is 2.77. The van der Waals surface area contributed by atoms with Crippen molar-refractivity contribution in [2.75, 3.05) is 18.8 Å². The number of hydrogen-bond acceptors (Lipinski definition) is 5. The molecule has 0 bridgehead atoms. The van der Waals surface area contributed by atoms with Crippen molar-refractivity contribution in [3.05, 3.63) is 23.2 Å². The van der Waals surface area contributed by atoms with Crippen LogP contribution in [0.1, 0.15) is 23.0 Å². The van der Waals surface area contributed by atoms with Gasteiger partial charge in [0.05, 0.1) is 10.4 Å². The summed E-state index contributed by atoms with van der Waals surface area (Å²) in [5, 5.41) is 5.36. The summed E-state index contributed by atoms with van der Waals surface area (Å²) in [5.41, 5.74) is 6.96. The molecule has 0 saturated carbocycles.